The van der Waals surface area contributed by atoms with Gasteiger partial charge in [-0.25, -0.2) is 10.5 Å². The van der Waals surface area contributed by atoms with Crippen molar-refractivity contribution in [3.05, 3.63) is 66.0 Å². The highest BCUT2D eigenvalue weighted by Gasteiger charge is 2.35. The van der Waals surface area contributed by atoms with Crippen LogP contribution in [0.15, 0.2) is 64.5 Å². The number of carbonyl (C=O) groups excluding carboxylic acids is 1. The average molecular weight is 393 g/mol. The molecule has 1 fully saturated rings. The summed E-state index contributed by atoms with van der Waals surface area (Å²) in [5.74, 6) is 1.49. The van der Waals surface area contributed by atoms with Crippen LogP contribution in [0, 0.1) is 0 Å². The quantitative estimate of drug-likeness (QED) is 0.847. The van der Waals surface area contributed by atoms with Crippen LogP contribution in [0.5, 0.6) is 5.75 Å². The number of rotatable bonds is 4. The fourth-order valence-corrected chi connectivity index (χ4v) is 3.64. The minimum Gasteiger partial charge on any atom is -0.497 e. The number of hydrogen-bond acceptors (Lipinski definition) is 8. The van der Waals surface area contributed by atoms with E-state index in [0.717, 1.165) is 24.1 Å². The van der Waals surface area contributed by atoms with Gasteiger partial charge in [0.15, 0.2) is 0 Å². The molecule has 0 spiro atoms. The number of carbonyl (C=O) groups is 1. The zero-order chi connectivity index (χ0) is 19.8. The first-order chi connectivity index (χ1) is 14.2. The summed E-state index contributed by atoms with van der Waals surface area (Å²) < 4.78 is 11.2. The Kier molecular flexibility index (Phi) is 4.28. The molecule has 29 heavy (non-hydrogen) atoms. The van der Waals surface area contributed by atoms with Gasteiger partial charge in [-0.05, 0) is 43.2 Å². The van der Waals surface area contributed by atoms with Crippen molar-refractivity contribution in [1.82, 2.24) is 25.6 Å². The molecule has 148 valence electrons. The number of ether oxygens (including phenoxy) is 1. The highest BCUT2D eigenvalue weighted by Crippen LogP contribution is 2.35. The molecule has 4 heterocycles. The van der Waals surface area contributed by atoms with Gasteiger partial charge in [0.05, 0.1) is 19.0 Å². The summed E-state index contributed by atoms with van der Waals surface area (Å²) in [5, 5.41) is 9.95. The summed E-state index contributed by atoms with van der Waals surface area (Å²) in [5.41, 5.74) is 4.78. The lowest BCUT2D eigenvalue weighted by atomic mass is 10.1. The largest absolute Gasteiger partial charge is 0.497 e. The number of nitrogens with zero attached hydrogens (tertiary/aromatic N) is 4. The number of methoxy groups -OCH3 is 1. The summed E-state index contributed by atoms with van der Waals surface area (Å²) in [6.45, 7) is 0.642. The van der Waals surface area contributed by atoms with Crippen molar-refractivity contribution in [2.24, 2.45) is 0 Å². The van der Waals surface area contributed by atoms with E-state index in [0.29, 0.717) is 29.6 Å². The van der Waals surface area contributed by atoms with Crippen LogP contribution < -0.4 is 10.2 Å². The third kappa shape index (κ3) is 3.15. The second-order valence-corrected chi connectivity index (χ2v) is 6.85. The fourth-order valence-electron chi connectivity index (χ4n) is 3.64. The van der Waals surface area contributed by atoms with E-state index in [2.05, 4.69) is 15.7 Å². The highest BCUT2D eigenvalue weighted by atomic mass is 16.8. The van der Waals surface area contributed by atoms with E-state index in [-0.39, 0.29) is 11.9 Å². The minimum absolute atomic E-state index is 0.0719. The molecule has 1 saturated heterocycles. The predicted octanol–water partition coefficient (Wildman–Crippen LogP) is 2.46. The van der Waals surface area contributed by atoms with Crippen molar-refractivity contribution in [1.29, 1.82) is 0 Å². The number of amides is 1. The maximum Gasteiger partial charge on any atom is 0.254 e. The van der Waals surface area contributed by atoms with Gasteiger partial charge in [-0.3, -0.25) is 4.79 Å². The van der Waals surface area contributed by atoms with Crippen molar-refractivity contribution in [2.45, 2.75) is 18.9 Å². The van der Waals surface area contributed by atoms with Gasteiger partial charge in [-0.2, -0.15) is 4.94 Å². The van der Waals surface area contributed by atoms with Gasteiger partial charge in [0, 0.05) is 23.9 Å². The van der Waals surface area contributed by atoms with Crippen molar-refractivity contribution >= 4 is 5.91 Å². The lowest BCUT2D eigenvalue weighted by Gasteiger charge is -2.24. The molecule has 0 bridgehead atoms. The van der Waals surface area contributed by atoms with E-state index < -0.39 is 0 Å². The molecule has 1 aromatic heterocycles. The Balaban J connectivity index is 1.38. The van der Waals surface area contributed by atoms with E-state index in [1.165, 1.54) is 0 Å². The second kappa shape index (κ2) is 7.10. The number of nitrogens with one attached hydrogen (secondary N) is 1. The highest BCUT2D eigenvalue weighted by molar-refractivity contribution is 5.97. The SMILES string of the molecule is COc1cccc(-c2nnc(C3CCCN3C(=O)C3=CC4=CNON4C=C3)o2)c1. The lowest BCUT2D eigenvalue weighted by Crippen LogP contribution is -2.32. The average Bonchev–Trinajstić information content (AvgIpc) is 3.52. The van der Waals surface area contributed by atoms with Crippen LogP contribution in [0.2, 0.25) is 0 Å². The number of fused-ring (bicyclic) bond motifs is 1. The number of aromatic nitrogens is 2. The van der Waals surface area contributed by atoms with Crippen LogP contribution in [-0.4, -0.2) is 39.7 Å². The van der Waals surface area contributed by atoms with E-state index in [4.69, 9.17) is 14.1 Å². The Morgan fingerprint density at radius 1 is 1.34 bits per heavy atom. The van der Waals surface area contributed by atoms with Crippen LogP contribution in [0.3, 0.4) is 0 Å². The van der Waals surface area contributed by atoms with Crippen LogP contribution in [0.25, 0.3) is 11.5 Å². The summed E-state index contributed by atoms with van der Waals surface area (Å²) in [7, 11) is 1.61. The van der Waals surface area contributed by atoms with Crippen molar-refractivity contribution in [2.75, 3.05) is 13.7 Å². The molecule has 1 atom stereocenters. The van der Waals surface area contributed by atoms with Gasteiger partial charge < -0.3 is 14.1 Å². The Hall–Kier alpha value is -3.59. The smallest absolute Gasteiger partial charge is 0.254 e. The van der Waals surface area contributed by atoms with Crippen molar-refractivity contribution < 1.29 is 18.9 Å². The first-order valence-electron chi connectivity index (χ1n) is 9.33. The fraction of sp³-hybridized carbons (Fsp3) is 0.250. The number of benzene rings is 1. The topological polar surface area (TPSA) is 93.0 Å². The van der Waals surface area contributed by atoms with Crippen LogP contribution in [0.1, 0.15) is 24.8 Å². The van der Waals surface area contributed by atoms with Crippen molar-refractivity contribution in [3.63, 3.8) is 0 Å². The zero-order valence-corrected chi connectivity index (χ0v) is 15.7. The molecule has 0 radical (unpaired) electrons. The van der Waals surface area contributed by atoms with Gasteiger partial charge in [0.25, 0.3) is 5.91 Å². The van der Waals surface area contributed by atoms with Gasteiger partial charge in [0.2, 0.25) is 11.8 Å². The second-order valence-electron chi connectivity index (χ2n) is 6.85. The zero-order valence-electron chi connectivity index (χ0n) is 15.7. The molecule has 1 unspecified atom stereocenters. The number of hydroxylamine groups is 3. The Bertz CT molecular complexity index is 1040. The number of allylic oxidation sites excluding steroid dienone is 1. The summed E-state index contributed by atoms with van der Waals surface area (Å²) in [4.78, 5) is 20.1. The number of hydrogen-bond donors (Lipinski definition) is 1. The Morgan fingerprint density at radius 3 is 3.17 bits per heavy atom. The molecule has 0 aliphatic carbocycles. The monoisotopic (exact) mass is 393 g/mol. The predicted molar refractivity (Wildman–Crippen MR) is 101 cm³/mol. The van der Waals surface area contributed by atoms with Gasteiger partial charge in [-0.1, -0.05) is 6.07 Å². The molecule has 9 nitrogen and oxygen atoms in total. The molecular weight excluding hydrogens is 374 g/mol. The summed E-state index contributed by atoms with van der Waals surface area (Å²) >= 11 is 0. The van der Waals surface area contributed by atoms with Gasteiger partial charge in [0.1, 0.15) is 11.8 Å². The molecule has 1 aromatic carbocycles. The van der Waals surface area contributed by atoms with Gasteiger partial charge >= 0.3 is 0 Å². The molecule has 5 rings (SSSR count). The van der Waals surface area contributed by atoms with E-state index >= 15 is 0 Å². The lowest BCUT2D eigenvalue weighted by molar-refractivity contribution is -0.128. The molecule has 3 aliphatic heterocycles. The Morgan fingerprint density at radius 2 is 2.28 bits per heavy atom. The molecule has 3 aliphatic rings. The van der Waals surface area contributed by atoms with Gasteiger partial charge in [-0.15, -0.1) is 10.2 Å². The third-order valence-electron chi connectivity index (χ3n) is 5.11. The normalized spacial score (nSPS) is 20.2. The Labute approximate surface area is 166 Å². The maximum absolute atomic E-state index is 13.1. The van der Waals surface area contributed by atoms with Crippen LogP contribution in [0.4, 0.5) is 0 Å². The standard InChI is InChI=1S/C20H19N5O4/c1-27-16-5-2-4-13(11-16)18-22-23-19(28-18)17-6-3-8-24(17)20(26)14-7-9-25-15(10-14)12-21-29-25/h2,4-5,7,9-12,17,21H,3,6,8H2,1H3. The molecule has 2 aromatic rings. The molecule has 1 N–H and O–H groups in total. The molecule has 0 saturated carbocycles. The first kappa shape index (κ1) is 17.5. The summed E-state index contributed by atoms with van der Waals surface area (Å²) in [6.07, 6.45) is 8.57. The van der Waals surface area contributed by atoms with Crippen molar-refractivity contribution in [3.8, 4) is 17.2 Å². The van der Waals surface area contributed by atoms with Crippen LogP contribution >= 0.6 is 0 Å². The van der Waals surface area contributed by atoms with Crippen LogP contribution in [-0.2, 0) is 9.73 Å². The minimum atomic E-state index is -0.242. The first-order valence-corrected chi connectivity index (χ1v) is 9.33. The molecule has 9 heteroatoms. The molecule has 1 amide bonds. The van der Waals surface area contributed by atoms with E-state index in [9.17, 15) is 4.79 Å². The summed E-state index contributed by atoms with van der Waals surface area (Å²) in [6, 6.07) is 7.19. The molecular formula is C20H19N5O4. The number of likely N-dealkylation sites (tertiary alicyclic amines) is 1. The third-order valence-corrected chi connectivity index (χ3v) is 5.11. The van der Waals surface area contributed by atoms with E-state index in [1.54, 1.807) is 41.6 Å². The van der Waals surface area contributed by atoms with E-state index in [1.807, 2.05) is 24.3 Å². The maximum atomic E-state index is 13.1.